The average molecular weight is 437 g/mol. The van der Waals surface area contributed by atoms with Gasteiger partial charge in [-0.25, -0.2) is 0 Å². The molecule has 5 nitrogen and oxygen atoms in total. The molecule has 0 N–H and O–H groups in total. The third-order valence-corrected chi connectivity index (χ3v) is 6.26. The Bertz CT molecular complexity index is 1130. The van der Waals surface area contributed by atoms with Gasteiger partial charge in [-0.2, -0.15) is 5.10 Å². The van der Waals surface area contributed by atoms with Crippen molar-refractivity contribution in [3.8, 4) is 0 Å². The zero-order valence-electron chi connectivity index (χ0n) is 18.6. The summed E-state index contributed by atoms with van der Waals surface area (Å²) in [5, 5.41) is 4.41. The fourth-order valence-corrected chi connectivity index (χ4v) is 4.58. The fraction of sp³-hybridized carbons (Fsp3) is 0.214. The molecule has 5 heteroatoms. The van der Waals surface area contributed by atoms with E-state index >= 15 is 0 Å². The van der Waals surface area contributed by atoms with Crippen molar-refractivity contribution >= 4 is 5.91 Å². The second-order valence-electron chi connectivity index (χ2n) is 8.46. The summed E-state index contributed by atoms with van der Waals surface area (Å²) in [5.41, 5.74) is 4.39. The normalized spacial score (nSPS) is 14.5. The fourth-order valence-electron chi connectivity index (χ4n) is 4.58. The summed E-state index contributed by atoms with van der Waals surface area (Å²) in [6, 6.07) is 31.6. The van der Waals surface area contributed by atoms with Crippen LogP contribution in [0.1, 0.15) is 33.1 Å². The number of rotatable bonds is 6. The number of piperazine rings is 1. The van der Waals surface area contributed by atoms with E-state index in [2.05, 4.69) is 82.8 Å². The van der Waals surface area contributed by atoms with Gasteiger partial charge < -0.3 is 4.90 Å². The SMILES string of the molecule is O=C(c1cnn(Cc2ccccc2)c1)N1CCN(C(c2ccccc2)c2ccccc2)CC1. The molecule has 0 atom stereocenters. The topological polar surface area (TPSA) is 41.4 Å². The van der Waals surface area contributed by atoms with Gasteiger partial charge in [0.1, 0.15) is 0 Å². The molecule has 1 fully saturated rings. The van der Waals surface area contributed by atoms with Crippen LogP contribution in [0.2, 0.25) is 0 Å². The predicted molar refractivity (Wildman–Crippen MR) is 130 cm³/mol. The minimum absolute atomic E-state index is 0.0601. The first kappa shape index (κ1) is 21.2. The molecular weight excluding hydrogens is 408 g/mol. The molecule has 1 saturated heterocycles. The van der Waals surface area contributed by atoms with Crippen LogP contribution in [0.4, 0.5) is 0 Å². The second kappa shape index (κ2) is 9.84. The molecule has 3 aromatic carbocycles. The molecular formula is C28H28N4O. The Kier molecular flexibility index (Phi) is 6.31. The molecule has 0 aliphatic carbocycles. The van der Waals surface area contributed by atoms with Crippen molar-refractivity contribution in [1.82, 2.24) is 19.6 Å². The first-order valence-corrected chi connectivity index (χ1v) is 11.5. The number of carbonyl (C=O) groups is 1. The van der Waals surface area contributed by atoms with Crippen LogP contribution in [0.5, 0.6) is 0 Å². The molecule has 0 unspecified atom stereocenters. The quantitative estimate of drug-likeness (QED) is 0.448. The molecule has 2 heterocycles. The zero-order valence-corrected chi connectivity index (χ0v) is 18.6. The van der Waals surface area contributed by atoms with E-state index in [0.29, 0.717) is 25.2 Å². The lowest BCUT2D eigenvalue weighted by molar-refractivity contribution is 0.0597. The van der Waals surface area contributed by atoms with Gasteiger partial charge in [0, 0.05) is 32.4 Å². The molecule has 1 aliphatic heterocycles. The number of benzene rings is 3. The van der Waals surface area contributed by atoms with Crippen molar-refractivity contribution in [3.05, 3.63) is 126 Å². The number of hydrogen-bond donors (Lipinski definition) is 0. The van der Waals surface area contributed by atoms with Crippen LogP contribution in [0.15, 0.2) is 103 Å². The molecule has 0 bridgehead atoms. The van der Waals surface area contributed by atoms with E-state index in [9.17, 15) is 4.79 Å². The molecule has 1 amide bonds. The van der Waals surface area contributed by atoms with Crippen LogP contribution in [-0.2, 0) is 6.54 Å². The lowest BCUT2D eigenvalue weighted by Gasteiger charge is -2.39. The maximum absolute atomic E-state index is 13.1. The molecule has 33 heavy (non-hydrogen) atoms. The van der Waals surface area contributed by atoms with Crippen molar-refractivity contribution in [2.24, 2.45) is 0 Å². The first-order chi connectivity index (χ1) is 16.3. The minimum Gasteiger partial charge on any atom is -0.336 e. The predicted octanol–water partition coefficient (Wildman–Crippen LogP) is 4.48. The van der Waals surface area contributed by atoms with Gasteiger partial charge in [0.15, 0.2) is 0 Å². The molecule has 1 aromatic heterocycles. The Labute approximate surface area is 194 Å². The second-order valence-corrected chi connectivity index (χ2v) is 8.46. The first-order valence-electron chi connectivity index (χ1n) is 11.5. The van der Waals surface area contributed by atoms with E-state index in [4.69, 9.17) is 0 Å². The number of nitrogens with zero attached hydrogens (tertiary/aromatic N) is 4. The van der Waals surface area contributed by atoms with Crippen LogP contribution in [0, 0.1) is 0 Å². The Balaban J connectivity index is 1.26. The highest BCUT2D eigenvalue weighted by atomic mass is 16.2. The monoisotopic (exact) mass is 436 g/mol. The van der Waals surface area contributed by atoms with Crippen LogP contribution in [0.25, 0.3) is 0 Å². The zero-order chi connectivity index (χ0) is 22.5. The summed E-state index contributed by atoms with van der Waals surface area (Å²) in [6.07, 6.45) is 3.55. The minimum atomic E-state index is 0.0601. The van der Waals surface area contributed by atoms with Gasteiger partial charge in [-0.1, -0.05) is 91.0 Å². The van der Waals surface area contributed by atoms with Gasteiger partial charge in [-0.15, -0.1) is 0 Å². The van der Waals surface area contributed by atoms with E-state index in [1.165, 1.54) is 16.7 Å². The number of hydrogen-bond acceptors (Lipinski definition) is 3. The average Bonchev–Trinajstić information content (AvgIpc) is 3.35. The molecule has 4 aromatic rings. The van der Waals surface area contributed by atoms with E-state index in [-0.39, 0.29) is 11.9 Å². The van der Waals surface area contributed by atoms with Crippen molar-refractivity contribution < 1.29 is 4.79 Å². The summed E-state index contributed by atoms with van der Waals surface area (Å²) < 4.78 is 1.83. The van der Waals surface area contributed by atoms with Crippen LogP contribution < -0.4 is 0 Å². The largest absolute Gasteiger partial charge is 0.336 e. The van der Waals surface area contributed by atoms with Gasteiger partial charge in [0.25, 0.3) is 5.91 Å². The Morgan fingerprint density at radius 2 is 1.30 bits per heavy atom. The maximum atomic E-state index is 13.1. The summed E-state index contributed by atoms with van der Waals surface area (Å²) in [6.45, 7) is 3.74. The van der Waals surface area contributed by atoms with Gasteiger partial charge >= 0.3 is 0 Å². The van der Waals surface area contributed by atoms with Crippen LogP contribution in [0.3, 0.4) is 0 Å². The van der Waals surface area contributed by atoms with Gasteiger partial charge in [-0.05, 0) is 16.7 Å². The van der Waals surface area contributed by atoms with Crippen LogP contribution in [-0.4, -0.2) is 51.7 Å². The van der Waals surface area contributed by atoms with E-state index < -0.39 is 0 Å². The standard InChI is InChI=1S/C28H28N4O/c33-28(26-20-29-32(22-26)21-23-10-4-1-5-11-23)31-18-16-30(17-19-31)27(24-12-6-2-7-13-24)25-14-8-3-9-15-25/h1-15,20,22,27H,16-19,21H2. The molecule has 1 aliphatic rings. The summed E-state index contributed by atoms with van der Waals surface area (Å²) in [7, 11) is 0. The summed E-state index contributed by atoms with van der Waals surface area (Å²) >= 11 is 0. The van der Waals surface area contributed by atoms with Crippen molar-refractivity contribution in [2.75, 3.05) is 26.2 Å². The summed E-state index contributed by atoms with van der Waals surface area (Å²) in [5.74, 6) is 0.0601. The highest BCUT2D eigenvalue weighted by molar-refractivity contribution is 5.93. The Morgan fingerprint density at radius 3 is 1.88 bits per heavy atom. The third kappa shape index (κ3) is 4.89. The van der Waals surface area contributed by atoms with Crippen molar-refractivity contribution in [1.29, 1.82) is 0 Å². The number of carbonyl (C=O) groups excluding carboxylic acids is 1. The van der Waals surface area contributed by atoms with Gasteiger partial charge in [0.2, 0.25) is 0 Å². The van der Waals surface area contributed by atoms with E-state index in [1.54, 1.807) is 6.20 Å². The van der Waals surface area contributed by atoms with Gasteiger partial charge in [-0.3, -0.25) is 14.4 Å². The Hall–Kier alpha value is -3.70. The summed E-state index contributed by atoms with van der Waals surface area (Å²) in [4.78, 5) is 17.6. The lowest BCUT2D eigenvalue weighted by Crippen LogP contribution is -2.49. The Morgan fingerprint density at radius 1 is 0.758 bits per heavy atom. The third-order valence-electron chi connectivity index (χ3n) is 6.26. The van der Waals surface area contributed by atoms with Crippen molar-refractivity contribution in [2.45, 2.75) is 12.6 Å². The molecule has 166 valence electrons. The number of amides is 1. The molecule has 0 spiro atoms. The van der Waals surface area contributed by atoms with E-state index in [1.807, 2.05) is 34.0 Å². The lowest BCUT2D eigenvalue weighted by atomic mass is 9.96. The highest BCUT2D eigenvalue weighted by Crippen LogP contribution is 2.29. The number of aromatic nitrogens is 2. The van der Waals surface area contributed by atoms with E-state index in [0.717, 1.165) is 13.1 Å². The van der Waals surface area contributed by atoms with Crippen LogP contribution >= 0.6 is 0 Å². The smallest absolute Gasteiger partial charge is 0.257 e. The highest BCUT2D eigenvalue weighted by Gasteiger charge is 2.28. The molecule has 0 radical (unpaired) electrons. The molecule has 5 rings (SSSR count). The van der Waals surface area contributed by atoms with Crippen molar-refractivity contribution in [3.63, 3.8) is 0 Å². The maximum Gasteiger partial charge on any atom is 0.257 e. The molecule has 0 saturated carbocycles. The van der Waals surface area contributed by atoms with Gasteiger partial charge in [0.05, 0.1) is 24.3 Å².